The third kappa shape index (κ3) is 4.46. The minimum Gasteiger partial charge on any atom is -0.397 e. The van der Waals surface area contributed by atoms with E-state index < -0.39 is 0 Å². The highest BCUT2D eigenvalue weighted by Crippen LogP contribution is 2.13. The van der Waals surface area contributed by atoms with Gasteiger partial charge >= 0.3 is 0 Å². The van der Waals surface area contributed by atoms with E-state index >= 15 is 0 Å². The molecule has 1 unspecified atom stereocenters. The van der Waals surface area contributed by atoms with Crippen LogP contribution in [-0.4, -0.2) is 19.0 Å². The Bertz CT molecular complexity index is 494. The van der Waals surface area contributed by atoms with Crippen LogP contribution < -0.4 is 16.4 Å². The Morgan fingerprint density at radius 2 is 2.15 bits per heavy atom. The van der Waals surface area contributed by atoms with Gasteiger partial charge in [-0.1, -0.05) is 30.3 Å². The highest BCUT2D eigenvalue weighted by Gasteiger charge is 2.14. The summed E-state index contributed by atoms with van der Waals surface area (Å²) in [6, 6.07) is 7.57. The van der Waals surface area contributed by atoms with E-state index in [1.165, 1.54) is 0 Å². The molecule has 0 aliphatic rings. The fraction of sp³-hybridized carbons (Fsp3) is 0.312. The van der Waals surface area contributed by atoms with Crippen molar-refractivity contribution in [3.8, 4) is 0 Å². The Labute approximate surface area is 120 Å². The summed E-state index contributed by atoms with van der Waals surface area (Å²) in [5.74, 6) is -0.0549. The number of likely N-dealkylation sites (N-methyl/N-ethyl adjacent to an activating group) is 1. The largest absolute Gasteiger partial charge is 0.397 e. The molecule has 0 aliphatic carbocycles. The zero-order chi connectivity index (χ0) is 15.0. The van der Waals surface area contributed by atoms with Gasteiger partial charge in [-0.15, -0.1) is 6.58 Å². The van der Waals surface area contributed by atoms with Crippen molar-refractivity contribution in [3.63, 3.8) is 0 Å². The van der Waals surface area contributed by atoms with Crippen LogP contribution in [0.5, 0.6) is 0 Å². The molecule has 0 fully saturated rings. The highest BCUT2D eigenvalue weighted by atomic mass is 16.2. The number of carbonyl (C=O) groups excluding carboxylic acids is 1. The van der Waals surface area contributed by atoms with Crippen molar-refractivity contribution in [3.05, 3.63) is 54.2 Å². The normalized spacial score (nSPS) is 12.6. The van der Waals surface area contributed by atoms with E-state index in [-0.39, 0.29) is 11.9 Å². The molecule has 0 saturated carbocycles. The molecule has 4 N–H and O–H groups in total. The monoisotopic (exact) mass is 273 g/mol. The molecule has 1 atom stereocenters. The molecule has 0 spiro atoms. The SMILES string of the molecule is C=CCCC(N/C=C(\N)c1ccccc1C)C(=O)NC. The zero-order valence-electron chi connectivity index (χ0n) is 12.1. The molecule has 4 heteroatoms. The molecule has 0 bridgehead atoms. The summed E-state index contributed by atoms with van der Waals surface area (Å²) in [5, 5.41) is 5.73. The molecule has 1 aromatic carbocycles. The lowest BCUT2D eigenvalue weighted by molar-refractivity contribution is -0.122. The predicted octanol–water partition coefficient (Wildman–Crippen LogP) is 1.92. The summed E-state index contributed by atoms with van der Waals surface area (Å²) in [5.41, 5.74) is 8.76. The van der Waals surface area contributed by atoms with Gasteiger partial charge in [-0.25, -0.2) is 0 Å². The molecule has 4 nitrogen and oxygen atoms in total. The van der Waals surface area contributed by atoms with Crippen LogP contribution in [0.2, 0.25) is 0 Å². The van der Waals surface area contributed by atoms with Gasteiger partial charge in [-0.2, -0.15) is 0 Å². The summed E-state index contributed by atoms with van der Waals surface area (Å²) in [6.45, 7) is 5.68. The summed E-state index contributed by atoms with van der Waals surface area (Å²) in [4.78, 5) is 11.8. The summed E-state index contributed by atoms with van der Waals surface area (Å²) in [6.07, 6.45) is 4.95. The van der Waals surface area contributed by atoms with Crippen LogP contribution in [0.15, 0.2) is 43.1 Å². The minimum absolute atomic E-state index is 0.0549. The van der Waals surface area contributed by atoms with E-state index in [9.17, 15) is 4.79 Å². The number of nitrogens with one attached hydrogen (secondary N) is 2. The lowest BCUT2D eigenvalue weighted by atomic mass is 10.1. The second-order valence-electron chi connectivity index (χ2n) is 4.61. The number of hydrogen-bond donors (Lipinski definition) is 3. The highest BCUT2D eigenvalue weighted by molar-refractivity contribution is 5.81. The number of rotatable bonds is 7. The Morgan fingerprint density at radius 3 is 2.75 bits per heavy atom. The maximum atomic E-state index is 11.8. The molecular weight excluding hydrogens is 250 g/mol. The number of hydrogen-bond acceptors (Lipinski definition) is 3. The first-order valence-corrected chi connectivity index (χ1v) is 6.70. The quantitative estimate of drug-likeness (QED) is 0.665. The number of aryl methyl sites for hydroxylation is 1. The summed E-state index contributed by atoms with van der Waals surface area (Å²) in [7, 11) is 1.62. The van der Waals surface area contributed by atoms with Gasteiger partial charge in [0.25, 0.3) is 0 Å². The van der Waals surface area contributed by atoms with E-state index in [4.69, 9.17) is 5.73 Å². The molecule has 20 heavy (non-hydrogen) atoms. The van der Waals surface area contributed by atoms with Gasteiger partial charge in [0.15, 0.2) is 0 Å². The molecule has 1 aromatic rings. The predicted molar refractivity (Wildman–Crippen MR) is 83.8 cm³/mol. The summed E-state index contributed by atoms with van der Waals surface area (Å²) < 4.78 is 0. The standard InChI is InChI=1S/C16H23N3O/c1-4-5-10-15(16(20)18-3)19-11-14(17)13-9-7-6-8-12(13)2/h4,6-9,11,15,19H,1,5,10,17H2,2-3H3,(H,18,20)/b14-11-. The molecule has 1 rings (SSSR count). The van der Waals surface area contributed by atoms with Crippen LogP contribution in [0, 0.1) is 6.92 Å². The Hall–Kier alpha value is -2.23. The summed E-state index contributed by atoms with van der Waals surface area (Å²) >= 11 is 0. The van der Waals surface area contributed by atoms with E-state index in [1.807, 2.05) is 31.2 Å². The van der Waals surface area contributed by atoms with Crippen molar-refractivity contribution in [2.75, 3.05) is 7.05 Å². The van der Waals surface area contributed by atoms with Gasteiger partial charge in [0, 0.05) is 18.8 Å². The van der Waals surface area contributed by atoms with E-state index in [0.717, 1.165) is 17.5 Å². The fourth-order valence-electron chi connectivity index (χ4n) is 1.91. The van der Waals surface area contributed by atoms with Crippen LogP contribution in [0.4, 0.5) is 0 Å². The average molecular weight is 273 g/mol. The first kappa shape index (κ1) is 15.8. The number of amides is 1. The first-order valence-electron chi connectivity index (χ1n) is 6.70. The Balaban J connectivity index is 2.78. The van der Waals surface area contributed by atoms with Gasteiger partial charge in [0.1, 0.15) is 6.04 Å². The van der Waals surface area contributed by atoms with Crippen LogP contribution in [0.25, 0.3) is 5.70 Å². The molecule has 0 radical (unpaired) electrons. The number of nitrogens with two attached hydrogens (primary N) is 1. The van der Waals surface area contributed by atoms with Crippen LogP contribution in [0.3, 0.4) is 0 Å². The van der Waals surface area contributed by atoms with Crippen molar-refractivity contribution in [1.29, 1.82) is 0 Å². The van der Waals surface area contributed by atoms with E-state index in [1.54, 1.807) is 19.3 Å². The topological polar surface area (TPSA) is 67.1 Å². The first-order chi connectivity index (χ1) is 9.60. The third-order valence-electron chi connectivity index (χ3n) is 3.12. The van der Waals surface area contributed by atoms with Gasteiger partial charge in [0.2, 0.25) is 5.91 Å². The van der Waals surface area contributed by atoms with Crippen LogP contribution in [-0.2, 0) is 4.79 Å². The maximum Gasteiger partial charge on any atom is 0.242 e. The molecule has 108 valence electrons. The van der Waals surface area contributed by atoms with Crippen LogP contribution in [0.1, 0.15) is 24.0 Å². The van der Waals surface area contributed by atoms with E-state index in [0.29, 0.717) is 12.1 Å². The second-order valence-corrected chi connectivity index (χ2v) is 4.61. The molecule has 0 aliphatic heterocycles. The Morgan fingerprint density at radius 1 is 1.45 bits per heavy atom. The zero-order valence-corrected chi connectivity index (χ0v) is 12.1. The number of allylic oxidation sites excluding steroid dienone is 1. The van der Waals surface area contributed by atoms with Crippen LogP contribution >= 0.6 is 0 Å². The lowest BCUT2D eigenvalue weighted by Gasteiger charge is -2.16. The van der Waals surface area contributed by atoms with Gasteiger partial charge in [-0.3, -0.25) is 4.79 Å². The number of carbonyl (C=O) groups is 1. The smallest absolute Gasteiger partial charge is 0.242 e. The molecule has 0 aromatic heterocycles. The Kier molecular flexibility index (Phi) is 6.37. The second kappa shape index (κ2) is 8.04. The van der Waals surface area contributed by atoms with Gasteiger partial charge in [0.05, 0.1) is 5.70 Å². The van der Waals surface area contributed by atoms with Crippen molar-refractivity contribution in [2.24, 2.45) is 5.73 Å². The van der Waals surface area contributed by atoms with Gasteiger partial charge in [-0.05, 0) is 25.3 Å². The molecule has 0 heterocycles. The number of benzene rings is 1. The van der Waals surface area contributed by atoms with Crippen molar-refractivity contribution in [1.82, 2.24) is 10.6 Å². The molecule has 0 saturated heterocycles. The van der Waals surface area contributed by atoms with E-state index in [2.05, 4.69) is 17.2 Å². The lowest BCUT2D eigenvalue weighted by Crippen LogP contribution is -2.40. The van der Waals surface area contributed by atoms with Crippen molar-refractivity contribution >= 4 is 11.6 Å². The molecule has 1 amide bonds. The van der Waals surface area contributed by atoms with Crippen molar-refractivity contribution < 1.29 is 4.79 Å². The third-order valence-corrected chi connectivity index (χ3v) is 3.12. The van der Waals surface area contributed by atoms with Gasteiger partial charge < -0.3 is 16.4 Å². The van der Waals surface area contributed by atoms with Crippen molar-refractivity contribution in [2.45, 2.75) is 25.8 Å². The maximum absolute atomic E-state index is 11.8. The molecular formula is C16H23N3O. The average Bonchev–Trinajstić information content (AvgIpc) is 2.46. The minimum atomic E-state index is -0.305. The fourth-order valence-corrected chi connectivity index (χ4v) is 1.91.